The van der Waals surface area contributed by atoms with Crippen LogP contribution in [0.1, 0.15) is 30.5 Å². The largest absolute Gasteiger partial charge is 0.312 e. The van der Waals surface area contributed by atoms with E-state index >= 15 is 0 Å². The van der Waals surface area contributed by atoms with Gasteiger partial charge in [0, 0.05) is 53.4 Å². The second-order valence-electron chi connectivity index (χ2n) is 6.45. The minimum atomic E-state index is 0.0728. The lowest BCUT2D eigenvalue weighted by molar-refractivity contribution is -0.116. The number of rotatable bonds is 4. The van der Waals surface area contributed by atoms with E-state index < -0.39 is 0 Å². The molecule has 0 saturated heterocycles. The van der Waals surface area contributed by atoms with Crippen LogP contribution < -0.4 is 4.90 Å². The lowest BCUT2D eigenvalue weighted by atomic mass is 9.96. The van der Waals surface area contributed by atoms with Gasteiger partial charge in [0.05, 0.1) is 5.69 Å². The van der Waals surface area contributed by atoms with Crippen molar-refractivity contribution >= 4 is 34.5 Å². The van der Waals surface area contributed by atoms with Crippen LogP contribution in [-0.4, -0.2) is 22.4 Å². The van der Waals surface area contributed by atoms with E-state index in [-0.39, 0.29) is 11.8 Å². The fourth-order valence-corrected chi connectivity index (χ4v) is 4.45. The normalized spacial score (nSPS) is 15.9. The molecule has 0 bridgehead atoms. The Hall–Kier alpha value is -2.24. The number of pyridine rings is 1. The highest BCUT2D eigenvalue weighted by Crippen LogP contribution is 2.40. The topological polar surface area (TPSA) is 46.1 Å². The van der Waals surface area contributed by atoms with Crippen molar-refractivity contribution in [1.29, 1.82) is 0 Å². The van der Waals surface area contributed by atoms with Crippen molar-refractivity contribution in [2.75, 3.05) is 11.4 Å². The number of aromatic nitrogens is 2. The van der Waals surface area contributed by atoms with E-state index in [1.165, 1.54) is 0 Å². The predicted octanol–water partition coefficient (Wildman–Crippen LogP) is 4.94. The van der Waals surface area contributed by atoms with Crippen LogP contribution in [-0.2, 0) is 11.2 Å². The molecular weight excluding hydrogens is 366 g/mol. The average molecular weight is 384 g/mol. The predicted molar refractivity (Wildman–Crippen MR) is 106 cm³/mol. The molecule has 1 amide bonds. The van der Waals surface area contributed by atoms with Crippen molar-refractivity contribution in [3.63, 3.8) is 0 Å². The summed E-state index contributed by atoms with van der Waals surface area (Å²) in [6.45, 7) is 2.33. The number of hydrogen-bond donors (Lipinski definition) is 0. The quantitative estimate of drug-likeness (QED) is 0.640. The van der Waals surface area contributed by atoms with Gasteiger partial charge in [-0.1, -0.05) is 11.6 Å². The Morgan fingerprint density at radius 1 is 1.38 bits per heavy atom. The Balaban J connectivity index is 1.50. The van der Waals surface area contributed by atoms with Gasteiger partial charge in [-0.3, -0.25) is 9.78 Å². The Kier molecular flexibility index (Phi) is 4.74. The number of halogens is 1. The Morgan fingerprint density at radius 2 is 2.27 bits per heavy atom. The number of carbonyl (C=O) groups is 1. The summed E-state index contributed by atoms with van der Waals surface area (Å²) in [5, 5.41) is 3.82. The SMILES string of the molecule is CC(=O)N1CC(CCc2csc(-c3cccnc3)n2)c2cc(Cl)ccc21. The van der Waals surface area contributed by atoms with Crippen LogP contribution in [0.2, 0.25) is 5.02 Å². The summed E-state index contributed by atoms with van der Waals surface area (Å²) in [6.07, 6.45) is 5.41. The molecule has 0 aliphatic carbocycles. The molecule has 6 heteroatoms. The number of fused-ring (bicyclic) bond motifs is 1. The summed E-state index contributed by atoms with van der Waals surface area (Å²) in [6, 6.07) is 9.73. The van der Waals surface area contributed by atoms with Gasteiger partial charge in [0.15, 0.2) is 0 Å². The fraction of sp³-hybridized carbons (Fsp3) is 0.250. The average Bonchev–Trinajstić information content (AvgIpc) is 3.25. The third-order valence-corrected chi connectivity index (χ3v) is 5.89. The van der Waals surface area contributed by atoms with Crippen molar-refractivity contribution < 1.29 is 4.79 Å². The van der Waals surface area contributed by atoms with Crippen molar-refractivity contribution in [2.45, 2.75) is 25.7 Å². The highest BCUT2D eigenvalue weighted by Gasteiger charge is 2.30. The van der Waals surface area contributed by atoms with Crippen LogP contribution in [0.25, 0.3) is 10.6 Å². The fourth-order valence-electron chi connectivity index (χ4n) is 3.43. The first kappa shape index (κ1) is 17.2. The van der Waals surface area contributed by atoms with Crippen LogP contribution in [0, 0.1) is 0 Å². The molecule has 1 aliphatic rings. The summed E-state index contributed by atoms with van der Waals surface area (Å²) in [7, 11) is 0. The second kappa shape index (κ2) is 7.17. The molecule has 0 radical (unpaired) electrons. The van der Waals surface area contributed by atoms with Gasteiger partial charge in [-0.2, -0.15) is 0 Å². The molecule has 1 aliphatic heterocycles. The van der Waals surface area contributed by atoms with Gasteiger partial charge in [-0.05, 0) is 48.7 Å². The van der Waals surface area contributed by atoms with E-state index in [4.69, 9.17) is 16.6 Å². The molecular formula is C20H18ClN3OS. The third-order valence-electron chi connectivity index (χ3n) is 4.71. The molecule has 4 rings (SSSR count). The van der Waals surface area contributed by atoms with Gasteiger partial charge < -0.3 is 4.90 Å². The molecule has 3 heterocycles. The number of carbonyl (C=O) groups excluding carboxylic acids is 1. The minimum Gasteiger partial charge on any atom is -0.312 e. The molecule has 0 N–H and O–H groups in total. The molecule has 1 atom stereocenters. The van der Waals surface area contributed by atoms with E-state index in [1.54, 1.807) is 24.5 Å². The monoisotopic (exact) mass is 383 g/mol. The summed E-state index contributed by atoms with van der Waals surface area (Å²) in [5.74, 6) is 0.361. The van der Waals surface area contributed by atoms with Gasteiger partial charge in [0.25, 0.3) is 0 Å². The Bertz CT molecular complexity index is 941. The highest BCUT2D eigenvalue weighted by atomic mass is 35.5. The van der Waals surface area contributed by atoms with Crippen molar-refractivity contribution in [3.05, 3.63) is 64.4 Å². The first-order chi connectivity index (χ1) is 12.6. The van der Waals surface area contributed by atoms with Crippen LogP contribution in [0.3, 0.4) is 0 Å². The van der Waals surface area contributed by atoms with Gasteiger partial charge in [-0.25, -0.2) is 4.98 Å². The number of amides is 1. The summed E-state index contributed by atoms with van der Waals surface area (Å²) < 4.78 is 0. The third kappa shape index (κ3) is 3.37. The number of aryl methyl sites for hydroxylation is 1. The highest BCUT2D eigenvalue weighted by molar-refractivity contribution is 7.13. The standard InChI is InChI=1S/C20H18ClN3OS/c1-13(25)24-11-15(18-9-16(21)5-7-19(18)24)4-6-17-12-26-20(23-17)14-3-2-8-22-10-14/h2-3,5,7-10,12,15H,4,6,11H2,1H3. The molecule has 4 nitrogen and oxygen atoms in total. The second-order valence-corrected chi connectivity index (χ2v) is 7.75. The number of nitrogens with zero attached hydrogens (tertiary/aromatic N) is 3. The van der Waals surface area contributed by atoms with Crippen LogP contribution >= 0.6 is 22.9 Å². The zero-order valence-corrected chi connectivity index (χ0v) is 15.9. The molecule has 0 saturated carbocycles. The minimum absolute atomic E-state index is 0.0728. The molecule has 3 aromatic rings. The molecule has 0 spiro atoms. The lowest BCUT2D eigenvalue weighted by Gasteiger charge is -2.15. The van der Waals surface area contributed by atoms with Crippen LogP contribution in [0.15, 0.2) is 48.1 Å². The maximum Gasteiger partial charge on any atom is 0.223 e. The van der Waals surface area contributed by atoms with Crippen molar-refractivity contribution in [1.82, 2.24) is 9.97 Å². The van der Waals surface area contributed by atoms with Crippen molar-refractivity contribution in [2.24, 2.45) is 0 Å². The summed E-state index contributed by atoms with van der Waals surface area (Å²) >= 11 is 7.83. The van der Waals surface area contributed by atoms with Gasteiger partial charge in [0.1, 0.15) is 5.01 Å². The van der Waals surface area contributed by atoms with Crippen molar-refractivity contribution in [3.8, 4) is 10.6 Å². The number of benzene rings is 1. The zero-order valence-electron chi connectivity index (χ0n) is 14.4. The van der Waals surface area contributed by atoms with E-state index in [1.807, 2.05) is 41.4 Å². The lowest BCUT2D eigenvalue weighted by Crippen LogP contribution is -2.27. The van der Waals surface area contributed by atoms with E-state index in [2.05, 4.69) is 10.4 Å². The molecule has 1 aromatic carbocycles. The maximum absolute atomic E-state index is 12.0. The molecule has 26 heavy (non-hydrogen) atoms. The first-order valence-electron chi connectivity index (χ1n) is 8.54. The Labute approximate surface area is 161 Å². The van der Waals surface area contributed by atoms with E-state index in [0.717, 1.165) is 40.4 Å². The Morgan fingerprint density at radius 3 is 3.04 bits per heavy atom. The molecule has 2 aromatic heterocycles. The number of anilines is 1. The van der Waals surface area contributed by atoms with E-state index in [0.29, 0.717) is 11.6 Å². The maximum atomic E-state index is 12.0. The number of thiazole rings is 1. The summed E-state index contributed by atoms with van der Waals surface area (Å²) in [5.41, 5.74) is 4.28. The van der Waals surface area contributed by atoms with Crippen LogP contribution in [0.5, 0.6) is 0 Å². The zero-order chi connectivity index (χ0) is 18.1. The molecule has 0 fully saturated rings. The van der Waals surface area contributed by atoms with E-state index in [9.17, 15) is 4.79 Å². The van der Waals surface area contributed by atoms with Crippen LogP contribution in [0.4, 0.5) is 5.69 Å². The smallest absolute Gasteiger partial charge is 0.223 e. The molecule has 132 valence electrons. The molecule has 1 unspecified atom stereocenters. The van der Waals surface area contributed by atoms with Gasteiger partial charge >= 0.3 is 0 Å². The summed E-state index contributed by atoms with van der Waals surface area (Å²) in [4.78, 5) is 22.7. The first-order valence-corrected chi connectivity index (χ1v) is 9.80. The number of hydrogen-bond acceptors (Lipinski definition) is 4. The van der Waals surface area contributed by atoms with Gasteiger partial charge in [-0.15, -0.1) is 11.3 Å². The van der Waals surface area contributed by atoms with Gasteiger partial charge in [0.2, 0.25) is 5.91 Å².